The summed E-state index contributed by atoms with van der Waals surface area (Å²) in [6.07, 6.45) is 0. The van der Waals surface area contributed by atoms with Crippen LogP contribution in [0.1, 0.15) is 6.92 Å². The summed E-state index contributed by atoms with van der Waals surface area (Å²) in [6, 6.07) is 5.24. The normalized spacial score (nSPS) is 12.1. The highest BCUT2D eigenvalue weighted by Crippen LogP contribution is 2.27. The zero-order valence-electron chi connectivity index (χ0n) is 9.92. The summed E-state index contributed by atoms with van der Waals surface area (Å²) in [5.74, 6) is 1.67. The molecular weight excluding hydrogens is 288 g/mol. The first kappa shape index (κ1) is 13.6. The van der Waals surface area contributed by atoms with Gasteiger partial charge >= 0.3 is 0 Å². The van der Waals surface area contributed by atoms with Crippen LogP contribution in [0, 0.1) is 0 Å². The molecule has 0 saturated heterocycles. The van der Waals surface area contributed by atoms with Gasteiger partial charge in [0.05, 0.1) is 16.0 Å². The molecule has 1 aromatic carbocycles. The lowest BCUT2D eigenvalue weighted by Crippen LogP contribution is -2.08. The first-order chi connectivity index (χ1) is 8.53. The smallest absolute Gasteiger partial charge is 0.210 e. The van der Waals surface area contributed by atoms with Crippen LogP contribution in [0.15, 0.2) is 22.5 Å². The zero-order chi connectivity index (χ0) is 13.2. The van der Waals surface area contributed by atoms with E-state index in [1.807, 2.05) is 6.92 Å². The molecular formula is C11H14N2O2S3. The fourth-order valence-corrected chi connectivity index (χ4v) is 5.28. The molecule has 1 aromatic heterocycles. The molecule has 0 fully saturated rings. The van der Waals surface area contributed by atoms with Crippen molar-refractivity contribution in [1.29, 1.82) is 0 Å². The molecule has 0 aliphatic carbocycles. The minimum absolute atomic E-state index is 0.140. The number of nitrogens with zero attached hydrogens (tertiary/aromatic N) is 1. The third kappa shape index (κ3) is 2.96. The van der Waals surface area contributed by atoms with Crippen LogP contribution < -0.4 is 5.73 Å². The van der Waals surface area contributed by atoms with Crippen LogP contribution in [0.5, 0.6) is 0 Å². The van der Waals surface area contributed by atoms with Gasteiger partial charge in [0.1, 0.15) is 0 Å². The van der Waals surface area contributed by atoms with E-state index in [0.717, 1.165) is 10.5 Å². The Hall–Kier alpha value is -0.790. The summed E-state index contributed by atoms with van der Waals surface area (Å²) in [5, 5.41) is 0. The van der Waals surface area contributed by atoms with E-state index in [9.17, 15) is 8.42 Å². The van der Waals surface area contributed by atoms with Crippen molar-refractivity contribution in [1.82, 2.24) is 4.98 Å². The molecule has 1 heterocycles. The Kier molecular flexibility index (Phi) is 4.14. The molecule has 0 atom stereocenters. The third-order valence-electron chi connectivity index (χ3n) is 2.36. The van der Waals surface area contributed by atoms with Gasteiger partial charge in [-0.25, -0.2) is 13.4 Å². The average Bonchev–Trinajstić information content (AvgIpc) is 2.72. The first-order valence-corrected chi connectivity index (χ1v) is 9.12. The van der Waals surface area contributed by atoms with E-state index in [0.29, 0.717) is 17.0 Å². The molecule has 0 amide bonds. The molecule has 0 aliphatic heterocycles. The van der Waals surface area contributed by atoms with Gasteiger partial charge in [-0.05, 0) is 24.0 Å². The lowest BCUT2D eigenvalue weighted by Gasteiger charge is -1.98. The largest absolute Gasteiger partial charge is 0.399 e. The van der Waals surface area contributed by atoms with Crippen molar-refractivity contribution >= 4 is 48.8 Å². The number of nitrogens with two attached hydrogens (primary N) is 1. The maximum atomic E-state index is 12.1. The topological polar surface area (TPSA) is 73.0 Å². The molecule has 18 heavy (non-hydrogen) atoms. The van der Waals surface area contributed by atoms with Crippen LogP contribution in [0.25, 0.3) is 10.2 Å². The van der Waals surface area contributed by atoms with Crippen LogP contribution in [-0.4, -0.2) is 30.7 Å². The highest BCUT2D eigenvalue weighted by atomic mass is 32.2. The Bertz CT molecular complexity index is 649. The second kappa shape index (κ2) is 5.46. The van der Waals surface area contributed by atoms with E-state index in [1.165, 1.54) is 11.3 Å². The molecule has 4 nitrogen and oxygen atoms in total. The molecule has 0 spiro atoms. The molecule has 2 N–H and O–H groups in total. The summed E-state index contributed by atoms with van der Waals surface area (Å²) in [6.45, 7) is 2.01. The highest BCUT2D eigenvalue weighted by molar-refractivity contribution is 8.01. The van der Waals surface area contributed by atoms with Crippen LogP contribution >= 0.6 is 23.1 Å². The van der Waals surface area contributed by atoms with Gasteiger partial charge in [-0.3, -0.25) is 0 Å². The van der Waals surface area contributed by atoms with E-state index in [4.69, 9.17) is 5.73 Å². The van der Waals surface area contributed by atoms with Gasteiger partial charge in [-0.1, -0.05) is 6.92 Å². The third-order valence-corrected chi connectivity index (χ3v) is 6.71. The number of benzene rings is 1. The first-order valence-electron chi connectivity index (χ1n) is 5.49. The van der Waals surface area contributed by atoms with Gasteiger partial charge in [-0.15, -0.1) is 11.3 Å². The number of thiazole rings is 1. The maximum Gasteiger partial charge on any atom is 0.210 e. The van der Waals surface area contributed by atoms with Crippen molar-refractivity contribution in [3.8, 4) is 0 Å². The minimum atomic E-state index is -3.26. The van der Waals surface area contributed by atoms with Crippen molar-refractivity contribution in [3.63, 3.8) is 0 Å². The molecule has 0 saturated carbocycles. The predicted molar refractivity (Wildman–Crippen MR) is 79.1 cm³/mol. The fraction of sp³-hybridized carbons (Fsp3) is 0.364. The number of hydrogen-bond acceptors (Lipinski definition) is 6. The quantitative estimate of drug-likeness (QED) is 0.678. The van der Waals surface area contributed by atoms with Crippen molar-refractivity contribution < 1.29 is 8.42 Å². The number of thioether (sulfide) groups is 1. The van der Waals surface area contributed by atoms with Crippen LogP contribution in [-0.2, 0) is 9.84 Å². The Labute approximate surface area is 115 Å². The molecule has 0 aliphatic rings. The second-order valence-electron chi connectivity index (χ2n) is 3.72. The summed E-state index contributed by atoms with van der Waals surface area (Å²) in [5.41, 5.74) is 6.98. The number of anilines is 1. The Morgan fingerprint density at radius 3 is 2.94 bits per heavy atom. The van der Waals surface area contributed by atoms with Gasteiger partial charge < -0.3 is 5.73 Å². The number of sulfone groups is 1. The lowest BCUT2D eigenvalue weighted by molar-refractivity contribution is 0.597. The summed E-state index contributed by atoms with van der Waals surface area (Å²) in [7, 11) is -3.26. The molecule has 7 heteroatoms. The van der Waals surface area contributed by atoms with Crippen molar-refractivity contribution in [2.75, 3.05) is 23.0 Å². The molecule has 0 radical (unpaired) electrons. The number of rotatable bonds is 5. The monoisotopic (exact) mass is 302 g/mol. The zero-order valence-corrected chi connectivity index (χ0v) is 12.4. The summed E-state index contributed by atoms with van der Waals surface area (Å²) < 4.78 is 25.1. The van der Waals surface area contributed by atoms with Crippen molar-refractivity contribution in [2.24, 2.45) is 0 Å². The number of fused-ring (bicyclic) bond motifs is 1. The lowest BCUT2D eigenvalue weighted by atomic mass is 10.3. The van der Waals surface area contributed by atoms with Crippen LogP contribution in [0.4, 0.5) is 5.69 Å². The SMILES string of the molecule is CCSCCS(=O)(=O)c1nc2ccc(N)cc2s1. The van der Waals surface area contributed by atoms with Crippen LogP contribution in [0.3, 0.4) is 0 Å². The van der Waals surface area contributed by atoms with Crippen molar-refractivity contribution in [3.05, 3.63) is 18.2 Å². The molecule has 0 bridgehead atoms. The minimum Gasteiger partial charge on any atom is -0.399 e. The van der Waals surface area contributed by atoms with Gasteiger partial charge in [0.2, 0.25) is 14.2 Å². The van der Waals surface area contributed by atoms with Gasteiger partial charge in [0.25, 0.3) is 0 Å². The van der Waals surface area contributed by atoms with E-state index in [-0.39, 0.29) is 10.1 Å². The predicted octanol–water partition coefficient (Wildman–Crippen LogP) is 2.41. The standard InChI is InChI=1S/C11H14N2O2S3/c1-2-16-5-6-18(14,15)11-13-9-4-3-8(12)7-10(9)17-11/h3-4,7H,2,5-6,12H2,1H3. The molecule has 98 valence electrons. The van der Waals surface area contributed by atoms with Gasteiger partial charge in [0.15, 0.2) is 0 Å². The summed E-state index contributed by atoms with van der Waals surface area (Å²) >= 11 is 2.80. The van der Waals surface area contributed by atoms with E-state index < -0.39 is 9.84 Å². The van der Waals surface area contributed by atoms with Gasteiger partial charge in [-0.2, -0.15) is 11.8 Å². The second-order valence-corrected chi connectivity index (χ2v) is 8.43. The average molecular weight is 302 g/mol. The maximum absolute atomic E-state index is 12.1. The Morgan fingerprint density at radius 1 is 1.44 bits per heavy atom. The highest BCUT2D eigenvalue weighted by Gasteiger charge is 2.19. The van der Waals surface area contributed by atoms with Crippen molar-refractivity contribution in [2.45, 2.75) is 11.3 Å². The van der Waals surface area contributed by atoms with Crippen LogP contribution in [0.2, 0.25) is 0 Å². The summed E-state index contributed by atoms with van der Waals surface area (Å²) in [4.78, 5) is 4.17. The van der Waals surface area contributed by atoms with E-state index in [2.05, 4.69) is 4.98 Å². The van der Waals surface area contributed by atoms with E-state index >= 15 is 0 Å². The molecule has 0 unspecified atom stereocenters. The fourth-order valence-electron chi connectivity index (χ4n) is 1.45. The number of nitrogen functional groups attached to an aromatic ring is 1. The Morgan fingerprint density at radius 2 is 2.22 bits per heavy atom. The van der Waals surface area contributed by atoms with E-state index in [1.54, 1.807) is 30.0 Å². The number of hydrogen-bond donors (Lipinski definition) is 1. The Balaban J connectivity index is 2.30. The molecule has 2 rings (SSSR count). The molecule has 2 aromatic rings. The van der Waals surface area contributed by atoms with Gasteiger partial charge in [0, 0.05) is 11.4 Å². The number of aromatic nitrogens is 1.